The summed E-state index contributed by atoms with van der Waals surface area (Å²) in [5.74, 6) is 2.04. The minimum Gasteiger partial charge on any atom is -0.496 e. The molecule has 0 fully saturated rings. The third-order valence-corrected chi connectivity index (χ3v) is 6.28. The fourth-order valence-corrected chi connectivity index (χ4v) is 4.23. The van der Waals surface area contributed by atoms with Crippen molar-refractivity contribution in [2.75, 3.05) is 21.3 Å². The summed E-state index contributed by atoms with van der Waals surface area (Å²) in [7, 11) is 4.61. The SMILES string of the molecule is C#CC[C@H](NC(=O)[C@H](C)NC)C(=O)N[C@H]1c2ccccc2C[C@@H]1NC(=O)c1c(OC)cccc1OC. The van der Waals surface area contributed by atoms with Gasteiger partial charge in [0.15, 0.2) is 0 Å². The molecule has 0 saturated heterocycles. The smallest absolute Gasteiger partial charge is 0.259 e. The fraction of sp³-hybridized carbons (Fsp3) is 0.370. The number of carbonyl (C=O) groups excluding carboxylic acids is 3. The lowest BCUT2D eigenvalue weighted by Gasteiger charge is -2.26. The Balaban J connectivity index is 1.85. The molecule has 190 valence electrons. The van der Waals surface area contributed by atoms with Crippen molar-refractivity contribution in [2.24, 2.45) is 0 Å². The highest BCUT2D eigenvalue weighted by atomic mass is 16.5. The number of methoxy groups -OCH3 is 2. The van der Waals surface area contributed by atoms with Crippen LogP contribution >= 0.6 is 0 Å². The number of likely N-dealkylation sites (N-methyl/N-ethyl adjacent to an activating group) is 1. The molecule has 0 aliphatic heterocycles. The Bertz CT molecular complexity index is 1140. The van der Waals surface area contributed by atoms with Crippen molar-refractivity contribution in [3.8, 4) is 23.8 Å². The number of hydrogen-bond acceptors (Lipinski definition) is 6. The van der Waals surface area contributed by atoms with Gasteiger partial charge in [0.2, 0.25) is 11.8 Å². The van der Waals surface area contributed by atoms with Crippen LogP contribution in [0.3, 0.4) is 0 Å². The van der Waals surface area contributed by atoms with Crippen LogP contribution in [0.25, 0.3) is 0 Å². The van der Waals surface area contributed by atoms with E-state index < -0.39 is 36.0 Å². The molecule has 2 aromatic carbocycles. The largest absolute Gasteiger partial charge is 0.496 e. The lowest BCUT2D eigenvalue weighted by atomic mass is 10.0. The van der Waals surface area contributed by atoms with Crippen LogP contribution in [-0.4, -0.2) is 57.1 Å². The predicted octanol–water partition coefficient (Wildman–Crippen LogP) is 1.33. The van der Waals surface area contributed by atoms with Gasteiger partial charge in [0, 0.05) is 6.42 Å². The molecule has 0 radical (unpaired) electrons. The van der Waals surface area contributed by atoms with Crippen molar-refractivity contribution in [2.45, 2.75) is 43.9 Å². The van der Waals surface area contributed by atoms with Gasteiger partial charge in [0.05, 0.1) is 32.3 Å². The molecule has 4 N–H and O–H groups in total. The van der Waals surface area contributed by atoms with Crippen molar-refractivity contribution in [3.63, 3.8) is 0 Å². The van der Waals surface area contributed by atoms with Gasteiger partial charge in [-0.2, -0.15) is 0 Å². The molecule has 9 nitrogen and oxygen atoms in total. The Morgan fingerprint density at radius 2 is 1.69 bits per heavy atom. The number of ether oxygens (including phenoxy) is 2. The van der Waals surface area contributed by atoms with E-state index in [0.29, 0.717) is 17.9 Å². The van der Waals surface area contributed by atoms with Crippen molar-refractivity contribution in [3.05, 3.63) is 59.2 Å². The zero-order chi connectivity index (χ0) is 26.2. The first kappa shape index (κ1) is 26.6. The first-order valence-electron chi connectivity index (χ1n) is 11.7. The van der Waals surface area contributed by atoms with E-state index in [0.717, 1.165) is 11.1 Å². The van der Waals surface area contributed by atoms with Crippen molar-refractivity contribution in [1.82, 2.24) is 21.3 Å². The Morgan fingerprint density at radius 1 is 1.03 bits per heavy atom. The van der Waals surface area contributed by atoms with Crippen LogP contribution in [0.5, 0.6) is 11.5 Å². The summed E-state index contributed by atoms with van der Waals surface area (Å²) < 4.78 is 10.8. The normalized spacial score (nSPS) is 17.6. The fourth-order valence-electron chi connectivity index (χ4n) is 4.23. The molecule has 0 saturated carbocycles. The van der Waals surface area contributed by atoms with Gasteiger partial charge in [-0.15, -0.1) is 12.3 Å². The zero-order valence-electron chi connectivity index (χ0n) is 20.9. The lowest BCUT2D eigenvalue weighted by Crippen LogP contribution is -2.53. The summed E-state index contributed by atoms with van der Waals surface area (Å²) in [6, 6.07) is 10.4. The minimum atomic E-state index is -0.920. The lowest BCUT2D eigenvalue weighted by molar-refractivity contribution is -0.130. The number of rotatable bonds is 10. The Hall–Kier alpha value is -4.03. The van der Waals surface area contributed by atoms with Gasteiger partial charge in [-0.05, 0) is 43.7 Å². The average Bonchev–Trinajstić information content (AvgIpc) is 3.23. The van der Waals surface area contributed by atoms with Gasteiger partial charge >= 0.3 is 0 Å². The number of fused-ring (bicyclic) bond motifs is 1. The maximum Gasteiger partial charge on any atom is 0.259 e. The standard InChI is InChI=1S/C27H32N4O5/c1-6-10-19(29-25(32)16(2)28-3)26(33)31-24-18-12-8-7-11-17(18)15-20(24)30-27(34)23-21(35-4)13-9-14-22(23)36-5/h1,7-9,11-14,16,19-20,24,28H,10,15H2,2-5H3,(H,29,32)(H,30,34)(H,31,33)/t16-,19-,20-,24-/m0/s1. The zero-order valence-corrected chi connectivity index (χ0v) is 20.9. The number of amides is 3. The highest BCUT2D eigenvalue weighted by Crippen LogP contribution is 2.33. The van der Waals surface area contributed by atoms with E-state index in [4.69, 9.17) is 15.9 Å². The summed E-state index contributed by atoms with van der Waals surface area (Å²) >= 11 is 0. The molecule has 3 amide bonds. The minimum absolute atomic E-state index is 0.0256. The number of carbonyl (C=O) groups is 3. The molecule has 0 unspecified atom stereocenters. The molecule has 4 atom stereocenters. The van der Waals surface area contributed by atoms with E-state index in [1.165, 1.54) is 14.2 Å². The molecule has 1 aliphatic rings. The first-order chi connectivity index (χ1) is 17.3. The maximum atomic E-state index is 13.4. The molecule has 0 heterocycles. The summed E-state index contributed by atoms with van der Waals surface area (Å²) in [6.07, 6.45) is 6.00. The molecule has 3 rings (SSSR count). The maximum absolute atomic E-state index is 13.4. The summed E-state index contributed by atoms with van der Waals surface area (Å²) in [5, 5.41) is 11.6. The number of terminal acetylenes is 1. The molecule has 2 aromatic rings. The van der Waals surface area contributed by atoms with E-state index >= 15 is 0 Å². The molecule has 0 bridgehead atoms. The molecule has 9 heteroatoms. The van der Waals surface area contributed by atoms with E-state index in [1.54, 1.807) is 32.2 Å². The third kappa shape index (κ3) is 5.78. The van der Waals surface area contributed by atoms with Crippen LogP contribution in [-0.2, 0) is 16.0 Å². The highest BCUT2D eigenvalue weighted by molar-refractivity contribution is 6.00. The Morgan fingerprint density at radius 3 is 2.31 bits per heavy atom. The van der Waals surface area contributed by atoms with E-state index in [1.807, 2.05) is 24.3 Å². The molecule has 1 aliphatic carbocycles. The second-order valence-electron chi connectivity index (χ2n) is 8.49. The predicted molar refractivity (Wildman–Crippen MR) is 136 cm³/mol. The van der Waals surface area contributed by atoms with Crippen molar-refractivity contribution < 1.29 is 23.9 Å². The van der Waals surface area contributed by atoms with Crippen LogP contribution in [0.4, 0.5) is 0 Å². The summed E-state index contributed by atoms with van der Waals surface area (Å²) in [4.78, 5) is 39.0. The Labute approximate surface area is 211 Å². The van der Waals surface area contributed by atoms with Crippen LogP contribution in [0, 0.1) is 12.3 Å². The van der Waals surface area contributed by atoms with Gasteiger partial charge in [-0.3, -0.25) is 14.4 Å². The topological polar surface area (TPSA) is 118 Å². The number of nitrogens with one attached hydrogen (secondary N) is 4. The second-order valence-corrected chi connectivity index (χ2v) is 8.49. The van der Waals surface area contributed by atoms with E-state index in [9.17, 15) is 14.4 Å². The van der Waals surface area contributed by atoms with Gasteiger partial charge in [-0.1, -0.05) is 30.3 Å². The van der Waals surface area contributed by atoms with Crippen LogP contribution in [0.15, 0.2) is 42.5 Å². The summed E-state index contributed by atoms with van der Waals surface area (Å²) in [5.41, 5.74) is 2.15. The molecule has 0 spiro atoms. The molecule has 0 aromatic heterocycles. The van der Waals surface area contributed by atoms with Crippen molar-refractivity contribution in [1.29, 1.82) is 0 Å². The molecular formula is C27H32N4O5. The molecule has 36 heavy (non-hydrogen) atoms. The highest BCUT2D eigenvalue weighted by Gasteiger charge is 2.37. The Kier molecular flexibility index (Phi) is 8.92. The monoisotopic (exact) mass is 492 g/mol. The third-order valence-electron chi connectivity index (χ3n) is 6.28. The van der Waals surface area contributed by atoms with Crippen LogP contribution < -0.4 is 30.7 Å². The summed E-state index contributed by atoms with van der Waals surface area (Å²) in [6.45, 7) is 1.69. The second kappa shape index (κ2) is 12.1. The van der Waals surface area contributed by atoms with Crippen LogP contribution in [0.2, 0.25) is 0 Å². The number of hydrogen-bond donors (Lipinski definition) is 4. The molecular weight excluding hydrogens is 460 g/mol. The first-order valence-corrected chi connectivity index (χ1v) is 11.7. The van der Waals surface area contributed by atoms with Gasteiger partial charge in [0.1, 0.15) is 23.1 Å². The van der Waals surface area contributed by atoms with E-state index in [2.05, 4.69) is 27.2 Å². The van der Waals surface area contributed by atoms with Gasteiger partial charge in [0.25, 0.3) is 5.91 Å². The quantitative estimate of drug-likeness (QED) is 0.372. The van der Waals surface area contributed by atoms with Crippen LogP contribution in [0.1, 0.15) is 40.9 Å². The number of benzene rings is 2. The van der Waals surface area contributed by atoms with E-state index in [-0.39, 0.29) is 17.9 Å². The van der Waals surface area contributed by atoms with Crippen molar-refractivity contribution >= 4 is 17.7 Å². The van der Waals surface area contributed by atoms with Gasteiger partial charge < -0.3 is 30.7 Å². The average molecular weight is 493 g/mol. The van der Waals surface area contributed by atoms with Gasteiger partial charge in [-0.25, -0.2) is 0 Å².